The first-order chi connectivity index (χ1) is 19.4. The number of para-hydroxylation sites is 1. The molecule has 0 N–H and O–H groups in total. The van der Waals surface area contributed by atoms with Crippen molar-refractivity contribution in [2.75, 3.05) is 6.61 Å². The molecule has 1 aliphatic carbocycles. The lowest BCUT2D eigenvalue weighted by Crippen LogP contribution is -2.10. The van der Waals surface area contributed by atoms with Gasteiger partial charge in [-0.15, -0.1) is 0 Å². The van der Waals surface area contributed by atoms with Crippen LogP contribution in [-0.4, -0.2) is 6.61 Å². The fourth-order valence-corrected chi connectivity index (χ4v) is 5.88. The first kappa shape index (κ1) is 23.3. The lowest BCUT2D eigenvalue weighted by Gasteiger charge is -2.22. The molecule has 186 valence electrons. The summed E-state index contributed by atoms with van der Waals surface area (Å²) in [6.45, 7) is 0.705. The fraction of sp³-hybridized carbons (Fsp3) is 0.0526. The Hall–Kier alpha value is -4.88. The van der Waals surface area contributed by atoms with Gasteiger partial charge in [0.1, 0.15) is 12.4 Å². The largest absolute Gasteiger partial charge is 0.489 e. The van der Waals surface area contributed by atoms with Crippen molar-refractivity contribution in [3.8, 4) is 5.75 Å². The van der Waals surface area contributed by atoms with Gasteiger partial charge in [0.25, 0.3) is 0 Å². The summed E-state index contributed by atoms with van der Waals surface area (Å²) < 4.78 is 5.34. The SMILES string of the molecule is C1=Cc2ccccc2OC1.C1=c2ccc3cccc4ccc(c2c43)C(=C(c2ccccc2)c2ccccc2)C1. The van der Waals surface area contributed by atoms with Gasteiger partial charge < -0.3 is 4.74 Å². The molecule has 1 heteroatoms. The highest BCUT2D eigenvalue weighted by Crippen LogP contribution is 2.40. The molecule has 8 rings (SSSR count). The van der Waals surface area contributed by atoms with Crippen molar-refractivity contribution in [2.24, 2.45) is 0 Å². The summed E-state index contributed by atoms with van der Waals surface area (Å²) in [5, 5.41) is 6.77. The van der Waals surface area contributed by atoms with Crippen LogP contribution in [0.4, 0.5) is 0 Å². The molecule has 1 aliphatic heterocycles. The molecular formula is C38H28O. The third-order valence-corrected chi connectivity index (χ3v) is 7.64. The molecule has 0 spiro atoms. The van der Waals surface area contributed by atoms with E-state index in [2.05, 4.69) is 115 Å². The van der Waals surface area contributed by atoms with Gasteiger partial charge in [0.05, 0.1) is 0 Å². The van der Waals surface area contributed by atoms with Gasteiger partial charge in [-0.1, -0.05) is 133 Å². The fourth-order valence-electron chi connectivity index (χ4n) is 5.88. The molecular weight excluding hydrogens is 472 g/mol. The Labute approximate surface area is 229 Å². The van der Waals surface area contributed by atoms with Crippen LogP contribution in [0, 0.1) is 0 Å². The second kappa shape index (κ2) is 10.1. The monoisotopic (exact) mass is 500 g/mol. The Morgan fingerprint density at radius 1 is 0.564 bits per heavy atom. The second-order valence-electron chi connectivity index (χ2n) is 9.97. The molecule has 0 amide bonds. The van der Waals surface area contributed by atoms with E-state index in [1.165, 1.54) is 60.2 Å². The summed E-state index contributed by atoms with van der Waals surface area (Å²) in [5.41, 5.74) is 7.84. The van der Waals surface area contributed by atoms with Gasteiger partial charge in [-0.3, -0.25) is 0 Å². The van der Waals surface area contributed by atoms with Crippen molar-refractivity contribution in [3.63, 3.8) is 0 Å². The number of hydrogen-bond donors (Lipinski definition) is 0. The maximum atomic E-state index is 5.34. The van der Waals surface area contributed by atoms with E-state index in [0.717, 1.165) is 12.2 Å². The average molecular weight is 501 g/mol. The molecule has 0 saturated heterocycles. The van der Waals surface area contributed by atoms with Gasteiger partial charge in [0.15, 0.2) is 0 Å². The third-order valence-electron chi connectivity index (χ3n) is 7.64. The van der Waals surface area contributed by atoms with Crippen LogP contribution in [0.2, 0.25) is 0 Å². The molecule has 0 radical (unpaired) electrons. The van der Waals surface area contributed by atoms with Crippen molar-refractivity contribution < 1.29 is 4.74 Å². The van der Waals surface area contributed by atoms with E-state index in [9.17, 15) is 0 Å². The minimum atomic E-state index is 0.705. The van der Waals surface area contributed by atoms with Crippen molar-refractivity contribution in [1.82, 2.24) is 0 Å². The average Bonchev–Trinajstić information content (AvgIpc) is 3.02. The zero-order valence-electron chi connectivity index (χ0n) is 21.7. The van der Waals surface area contributed by atoms with Crippen LogP contribution in [0.5, 0.6) is 5.75 Å². The van der Waals surface area contributed by atoms with E-state index >= 15 is 0 Å². The Bertz CT molecular complexity index is 1850. The van der Waals surface area contributed by atoms with Crippen LogP contribution in [0.3, 0.4) is 0 Å². The van der Waals surface area contributed by atoms with Crippen LogP contribution < -0.4 is 9.96 Å². The minimum absolute atomic E-state index is 0.705. The van der Waals surface area contributed by atoms with E-state index in [4.69, 9.17) is 4.74 Å². The Balaban J connectivity index is 0.000000213. The second-order valence-corrected chi connectivity index (χ2v) is 9.97. The van der Waals surface area contributed by atoms with Gasteiger partial charge in [-0.2, -0.15) is 0 Å². The highest BCUT2D eigenvalue weighted by atomic mass is 16.5. The zero-order chi connectivity index (χ0) is 26.0. The maximum absolute atomic E-state index is 5.34. The molecule has 0 saturated carbocycles. The topological polar surface area (TPSA) is 9.23 Å². The highest BCUT2D eigenvalue weighted by molar-refractivity contribution is 6.17. The van der Waals surface area contributed by atoms with Gasteiger partial charge in [0.2, 0.25) is 0 Å². The van der Waals surface area contributed by atoms with Crippen LogP contribution in [0.25, 0.3) is 44.8 Å². The number of rotatable bonds is 2. The van der Waals surface area contributed by atoms with E-state index in [1.807, 2.05) is 30.3 Å². The molecule has 0 aromatic heterocycles. The van der Waals surface area contributed by atoms with Crippen molar-refractivity contribution >= 4 is 44.8 Å². The number of hydrogen-bond acceptors (Lipinski definition) is 1. The summed E-state index contributed by atoms with van der Waals surface area (Å²) in [6, 6.07) is 45.4. The molecule has 39 heavy (non-hydrogen) atoms. The molecule has 2 aliphatic rings. The van der Waals surface area contributed by atoms with Gasteiger partial charge in [-0.05, 0) is 73.2 Å². The number of ether oxygens (including phenoxy) is 1. The van der Waals surface area contributed by atoms with Gasteiger partial charge in [-0.25, -0.2) is 0 Å². The van der Waals surface area contributed by atoms with Crippen LogP contribution in [0.1, 0.15) is 28.7 Å². The summed E-state index contributed by atoms with van der Waals surface area (Å²) in [4.78, 5) is 0. The smallest absolute Gasteiger partial charge is 0.126 e. The van der Waals surface area contributed by atoms with Gasteiger partial charge >= 0.3 is 0 Å². The van der Waals surface area contributed by atoms with Crippen LogP contribution in [-0.2, 0) is 0 Å². The molecule has 0 fully saturated rings. The third kappa shape index (κ3) is 4.32. The standard InChI is InChI=1S/C29H20.C9H8O/c1-3-8-20(9-4-1)27(21-10-5-2-6-11-21)25-18-17-24-15-14-22-12-7-13-23-16-19-26(25)29(24)28(22)23;1-2-6-9-8(4-1)5-3-7-10-9/h1-17,19H,18H2;1-6H,7H2. The maximum Gasteiger partial charge on any atom is 0.126 e. The number of fused-ring (bicyclic) bond motifs is 1. The quantitative estimate of drug-likeness (QED) is 0.231. The first-order valence-corrected chi connectivity index (χ1v) is 13.5. The zero-order valence-corrected chi connectivity index (χ0v) is 21.7. The summed E-state index contributed by atoms with van der Waals surface area (Å²) in [6.07, 6.45) is 7.44. The molecule has 0 unspecified atom stereocenters. The van der Waals surface area contributed by atoms with Crippen molar-refractivity contribution in [2.45, 2.75) is 6.42 Å². The predicted octanol–water partition coefficient (Wildman–Crippen LogP) is 8.95. The summed E-state index contributed by atoms with van der Waals surface area (Å²) in [5.74, 6) is 0.991. The molecule has 0 bridgehead atoms. The normalized spacial score (nSPS) is 13.2. The highest BCUT2D eigenvalue weighted by Gasteiger charge is 2.19. The van der Waals surface area contributed by atoms with Crippen molar-refractivity contribution in [1.29, 1.82) is 0 Å². The van der Waals surface area contributed by atoms with E-state index in [-0.39, 0.29) is 0 Å². The first-order valence-electron chi connectivity index (χ1n) is 13.5. The summed E-state index contributed by atoms with van der Waals surface area (Å²) >= 11 is 0. The minimum Gasteiger partial charge on any atom is -0.489 e. The van der Waals surface area contributed by atoms with Crippen LogP contribution in [0.15, 0.2) is 133 Å². The van der Waals surface area contributed by atoms with Crippen molar-refractivity contribution in [3.05, 3.63) is 161 Å². The Morgan fingerprint density at radius 3 is 1.95 bits per heavy atom. The molecule has 6 aromatic carbocycles. The molecule has 0 atom stereocenters. The molecule has 1 nitrogen and oxygen atoms in total. The lowest BCUT2D eigenvalue weighted by atomic mass is 9.82. The lowest BCUT2D eigenvalue weighted by molar-refractivity contribution is 0.358. The number of allylic oxidation sites excluding steroid dienone is 1. The van der Waals surface area contributed by atoms with E-state index < -0.39 is 0 Å². The number of benzene rings is 6. The molecule has 6 aromatic rings. The molecule has 1 heterocycles. The predicted molar refractivity (Wildman–Crippen MR) is 166 cm³/mol. The van der Waals surface area contributed by atoms with E-state index in [0.29, 0.717) is 6.61 Å². The van der Waals surface area contributed by atoms with E-state index in [1.54, 1.807) is 0 Å². The van der Waals surface area contributed by atoms with Crippen LogP contribution >= 0.6 is 0 Å². The summed E-state index contributed by atoms with van der Waals surface area (Å²) in [7, 11) is 0. The van der Waals surface area contributed by atoms with Gasteiger partial charge in [0, 0.05) is 5.56 Å². The Kier molecular flexibility index (Phi) is 6.03. The Morgan fingerprint density at radius 2 is 1.23 bits per heavy atom.